The normalized spacial score (nSPS) is 54.5. The Kier molecular flexibility index (Phi) is 1.15. The number of piperazine rings is 2. The van der Waals surface area contributed by atoms with Gasteiger partial charge in [-0.1, -0.05) is 0 Å². The first kappa shape index (κ1) is 7.17. The van der Waals surface area contributed by atoms with Crippen LogP contribution < -0.4 is 0 Å². The van der Waals surface area contributed by atoms with E-state index in [0.29, 0.717) is 5.66 Å². The summed E-state index contributed by atoms with van der Waals surface area (Å²) in [4.78, 5) is 10.6. The molecule has 0 radical (unpaired) electrons. The van der Waals surface area contributed by atoms with E-state index in [1.807, 2.05) is 0 Å². The SMILES string of the molecule is C1CN2CN3CCN4CN1CC23C4. The Hall–Kier alpha value is -0.160. The molecule has 0 aromatic heterocycles. The van der Waals surface area contributed by atoms with E-state index in [9.17, 15) is 0 Å². The molecule has 3 bridgehead atoms. The van der Waals surface area contributed by atoms with Crippen molar-refractivity contribution in [3.63, 3.8) is 0 Å². The molecule has 0 amide bonds. The highest BCUT2D eigenvalue weighted by atomic mass is 15.7. The van der Waals surface area contributed by atoms with Crippen LogP contribution in [0, 0.1) is 0 Å². The van der Waals surface area contributed by atoms with E-state index in [-0.39, 0.29) is 0 Å². The highest BCUT2D eigenvalue weighted by Crippen LogP contribution is 2.40. The maximum atomic E-state index is 2.68. The molecule has 4 rings (SSSR count). The van der Waals surface area contributed by atoms with Crippen molar-refractivity contribution in [2.45, 2.75) is 5.66 Å². The molecule has 0 aromatic rings. The molecule has 2 unspecified atom stereocenters. The summed E-state index contributed by atoms with van der Waals surface area (Å²) in [7, 11) is 0. The Labute approximate surface area is 78.7 Å². The van der Waals surface area contributed by atoms with Crippen molar-refractivity contribution in [2.24, 2.45) is 0 Å². The maximum absolute atomic E-state index is 2.68. The summed E-state index contributed by atoms with van der Waals surface area (Å²) in [5.74, 6) is 0. The molecule has 0 aliphatic carbocycles. The van der Waals surface area contributed by atoms with Gasteiger partial charge in [-0.15, -0.1) is 0 Å². The van der Waals surface area contributed by atoms with Gasteiger partial charge in [0.2, 0.25) is 0 Å². The van der Waals surface area contributed by atoms with Crippen LogP contribution in [-0.2, 0) is 0 Å². The molecule has 4 fully saturated rings. The summed E-state index contributed by atoms with van der Waals surface area (Å²) in [5, 5.41) is 0. The largest absolute Gasteiger partial charge is 0.286 e. The molecular weight excluding hydrogens is 164 g/mol. The first-order valence-electron chi connectivity index (χ1n) is 5.32. The third-order valence-electron chi connectivity index (χ3n) is 4.24. The van der Waals surface area contributed by atoms with E-state index in [2.05, 4.69) is 19.6 Å². The van der Waals surface area contributed by atoms with E-state index in [1.165, 1.54) is 52.6 Å². The summed E-state index contributed by atoms with van der Waals surface area (Å²) in [6, 6.07) is 0. The average Bonchev–Trinajstić information content (AvgIpc) is 2.12. The van der Waals surface area contributed by atoms with Crippen molar-refractivity contribution in [2.75, 3.05) is 52.6 Å². The first-order valence-corrected chi connectivity index (χ1v) is 5.32. The molecule has 4 aliphatic rings. The Morgan fingerprint density at radius 3 is 1.92 bits per heavy atom. The van der Waals surface area contributed by atoms with Gasteiger partial charge in [0.1, 0.15) is 5.66 Å². The van der Waals surface area contributed by atoms with Crippen molar-refractivity contribution in [1.82, 2.24) is 19.6 Å². The van der Waals surface area contributed by atoms with Gasteiger partial charge in [0.25, 0.3) is 0 Å². The zero-order valence-corrected chi connectivity index (χ0v) is 7.95. The molecule has 13 heavy (non-hydrogen) atoms. The van der Waals surface area contributed by atoms with Gasteiger partial charge in [-0.3, -0.25) is 19.6 Å². The van der Waals surface area contributed by atoms with Crippen LogP contribution >= 0.6 is 0 Å². The number of fused-ring (bicyclic) bond motifs is 2. The quantitative estimate of drug-likeness (QED) is 0.467. The van der Waals surface area contributed by atoms with Gasteiger partial charge in [0.05, 0.1) is 13.3 Å². The van der Waals surface area contributed by atoms with E-state index in [4.69, 9.17) is 0 Å². The van der Waals surface area contributed by atoms with Crippen LogP contribution in [0.15, 0.2) is 0 Å². The van der Waals surface area contributed by atoms with E-state index in [0.717, 1.165) is 0 Å². The standard InChI is InChI=1S/C9H16N4/c1-3-12-8-13-4-2-11-6-9(12,13)5-10(1)7-11/h1-8H2. The molecule has 72 valence electrons. The number of hydrogen-bond donors (Lipinski definition) is 0. The third-order valence-corrected chi connectivity index (χ3v) is 4.24. The summed E-state index contributed by atoms with van der Waals surface area (Å²) in [6.07, 6.45) is 0. The molecular formula is C9H16N4. The fourth-order valence-corrected chi connectivity index (χ4v) is 3.52. The minimum Gasteiger partial charge on any atom is -0.286 e. The molecule has 0 aromatic carbocycles. The Balaban J connectivity index is 1.76. The maximum Gasteiger partial charge on any atom is 0.102 e. The molecule has 4 saturated heterocycles. The number of nitrogens with zero attached hydrogens (tertiary/aromatic N) is 4. The van der Waals surface area contributed by atoms with Gasteiger partial charge < -0.3 is 0 Å². The lowest BCUT2D eigenvalue weighted by Gasteiger charge is -2.71. The molecule has 0 N–H and O–H groups in total. The van der Waals surface area contributed by atoms with Crippen LogP contribution in [0.3, 0.4) is 0 Å². The Morgan fingerprint density at radius 2 is 1.31 bits per heavy atom. The topological polar surface area (TPSA) is 13.0 Å². The minimum absolute atomic E-state index is 0.453. The highest BCUT2D eigenvalue weighted by molar-refractivity contribution is 5.09. The molecule has 0 saturated carbocycles. The second-order valence-corrected chi connectivity index (χ2v) is 4.90. The van der Waals surface area contributed by atoms with Crippen LogP contribution in [0.4, 0.5) is 0 Å². The molecule has 4 heteroatoms. The fourth-order valence-electron chi connectivity index (χ4n) is 3.52. The molecule has 1 spiro atoms. The summed E-state index contributed by atoms with van der Waals surface area (Å²) in [6.45, 7) is 10.2. The van der Waals surface area contributed by atoms with Crippen LogP contribution in [0.1, 0.15) is 0 Å². The average molecular weight is 180 g/mol. The Bertz CT molecular complexity index is 226. The van der Waals surface area contributed by atoms with Crippen molar-refractivity contribution in [1.29, 1.82) is 0 Å². The zero-order valence-electron chi connectivity index (χ0n) is 7.95. The molecule has 4 aliphatic heterocycles. The van der Waals surface area contributed by atoms with Gasteiger partial charge in [0, 0.05) is 39.3 Å². The molecule has 2 atom stereocenters. The first-order chi connectivity index (χ1) is 6.37. The van der Waals surface area contributed by atoms with E-state index in [1.54, 1.807) is 0 Å². The third kappa shape index (κ3) is 0.722. The molecule has 4 heterocycles. The van der Waals surface area contributed by atoms with Crippen LogP contribution in [0.25, 0.3) is 0 Å². The Morgan fingerprint density at radius 1 is 0.692 bits per heavy atom. The second kappa shape index (κ2) is 2.08. The summed E-state index contributed by atoms with van der Waals surface area (Å²) < 4.78 is 0. The minimum atomic E-state index is 0.453. The van der Waals surface area contributed by atoms with Gasteiger partial charge in [-0.05, 0) is 0 Å². The van der Waals surface area contributed by atoms with Crippen LogP contribution in [0.5, 0.6) is 0 Å². The van der Waals surface area contributed by atoms with Crippen molar-refractivity contribution in [3.05, 3.63) is 0 Å². The zero-order chi connectivity index (χ0) is 8.47. The number of rotatable bonds is 0. The fraction of sp³-hybridized carbons (Fsp3) is 1.00. The van der Waals surface area contributed by atoms with Crippen molar-refractivity contribution < 1.29 is 0 Å². The molecule has 4 nitrogen and oxygen atoms in total. The van der Waals surface area contributed by atoms with Gasteiger partial charge in [0.15, 0.2) is 0 Å². The van der Waals surface area contributed by atoms with Gasteiger partial charge >= 0.3 is 0 Å². The summed E-state index contributed by atoms with van der Waals surface area (Å²) >= 11 is 0. The van der Waals surface area contributed by atoms with Crippen molar-refractivity contribution in [3.8, 4) is 0 Å². The summed E-state index contributed by atoms with van der Waals surface area (Å²) in [5.41, 5.74) is 0.453. The predicted octanol–water partition coefficient (Wildman–Crippen LogP) is -1.14. The van der Waals surface area contributed by atoms with Gasteiger partial charge in [-0.25, -0.2) is 0 Å². The lowest BCUT2D eigenvalue weighted by atomic mass is 9.92. The predicted molar refractivity (Wildman–Crippen MR) is 49.0 cm³/mol. The van der Waals surface area contributed by atoms with Crippen LogP contribution in [0.2, 0.25) is 0 Å². The van der Waals surface area contributed by atoms with E-state index < -0.39 is 0 Å². The second-order valence-electron chi connectivity index (χ2n) is 4.90. The van der Waals surface area contributed by atoms with E-state index >= 15 is 0 Å². The van der Waals surface area contributed by atoms with Crippen LogP contribution in [-0.4, -0.2) is 77.9 Å². The number of hydrogen-bond acceptors (Lipinski definition) is 4. The smallest absolute Gasteiger partial charge is 0.102 e. The van der Waals surface area contributed by atoms with Crippen molar-refractivity contribution >= 4 is 0 Å². The highest BCUT2D eigenvalue weighted by Gasteiger charge is 2.58. The lowest BCUT2D eigenvalue weighted by molar-refractivity contribution is -0.280. The lowest BCUT2D eigenvalue weighted by Crippen LogP contribution is -2.88. The van der Waals surface area contributed by atoms with Gasteiger partial charge in [-0.2, -0.15) is 0 Å². The monoisotopic (exact) mass is 180 g/mol.